The maximum absolute atomic E-state index is 12.3. The van der Waals surface area contributed by atoms with Gasteiger partial charge in [-0.15, -0.1) is 0 Å². The molecule has 1 fully saturated rings. The molecule has 0 spiro atoms. The zero-order valence-electron chi connectivity index (χ0n) is 11.3. The van der Waals surface area contributed by atoms with Crippen LogP contribution in [0.15, 0.2) is 18.2 Å². The number of carbonyl (C=O) groups excluding carboxylic acids is 1. The predicted octanol–water partition coefficient (Wildman–Crippen LogP) is 1.25. The van der Waals surface area contributed by atoms with Crippen molar-refractivity contribution in [2.45, 2.75) is 18.9 Å². The quantitative estimate of drug-likeness (QED) is 0.766. The summed E-state index contributed by atoms with van der Waals surface area (Å²) in [5.41, 5.74) is 5.67. The first-order valence-corrected chi connectivity index (χ1v) is 6.81. The van der Waals surface area contributed by atoms with Crippen LogP contribution in [0.3, 0.4) is 0 Å². The Morgan fingerprint density at radius 1 is 1.60 bits per heavy atom. The molecule has 5 heteroatoms. The zero-order chi connectivity index (χ0) is 14.8. The number of halogens is 1. The summed E-state index contributed by atoms with van der Waals surface area (Å²) in [7, 11) is 0. The second-order valence-corrected chi connectivity index (χ2v) is 5.58. The van der Waals surface area contributed by atoms with E-state index in [4.69, 9.17) is 17.3 Å². The normalized spacial score (nSPS) is 21.5. The highest BCUT2D eigenvalue weighted by Crippen LogP contribution is 2.24. The Bertz CT molecular complexity index is 587. The Kier molecular flexibility index (Phi) is 4.34. The molecule has 1 aromatic rings. The molecule has 1 atom stereocenters. The average Bonchev–Trinajstić information content (AvgIpc) is 2.77. The molecular weight excluding hydrogens is 276 g/mol. The Morgan fingerprint density at radius 2 is 2.35 bits per heavy atom. The molecule has 4 nitrogen and oxygen atoms in total. The summed E-state index contributed by atoms with van der Waals surface area (Å²) in [6.45, 7) is 2.90. The number of likely N-dealkylation sites (tertiary alicyclic amines) is 1. The molecule has 0 radical (unpaired) electrons. The summed E-state index contributed by atoms with van der Waals surface area (Å²) in [6, 6.07) is 5.02. The summed E-state index contributed by atoms with van der Waals surface area (Å²) in [4.78, 5) is 13.9. The number of carbonyl (C=O) groups is 1. The van der Waals surface area contributed by atoms with Crippen molar-refractivity contribution in [3.63, 3.8) is 0 Å². The highest BCUT2D eigenvalue weighted by atomic mass is 35.5. The summed E-state index contributed by atoms with van der Waals surface area (Å²) >= 11 is 6.11. The van der Waals surface area contributed by atoms with Crippen LogP contribution in [0.4, 0.5) is 0 Å². The number of benzene rings is 1. The maximum Gasteiger partial charge on any atom is 0.254 e. The monoisotopic (exact) mass is 292 g/mol. The molecule has 106 valence electrons. The van der Waals surface area contributed by atoms with Gasteiger partial charge in [-0.05, 0) is 31.5 Å². The standard InChI is InChI=1S/C15H17ClN2O2/c1-15(20)6-8-18(10-15)14(19)12-5-4-11(3-2-7-17)13(16)9-12/h4-5,9,20H,6-8,10,17H2,1H3. The predicted molar refractivity (Wildman–Crippen MR) is 78.5 cm³/mol. The van der Waals surface area contributed by atoms with Gasteiger partial charge in [0.25, 0.3) is 5.91 Å². The third-order valence-corrected chi connectivity index (χ3v) is 3.59. The lowest BCUT2D eigenvalue weighted by Crippen LogP contribution is -2.33. The number of β-amino-alcohol motifs (C(OH)–C–C–N with tert-alkyl or cyclic N) is 1. The topological polar surface area (TPSA) is 66.6 Å². The van der Waals surface area contributed by atoms with Gasteiger partial charge in [0.05, 0.1) is 17.2 Å². The Morgan fingerprint density at radius 3 is 2.90 bits per heavy atom. The number of aliphatic hydroxyl groups is 1. The summed E-state index contributed by atoms with van der Waals surface area (Å²) in [6.07, 6.45) is 0.590. The van der Waals surface area contributed by atoms with E-state index in [0.29, 0.717) is 35.7 Å². The largest absolute Gasteiger partial charge is 0.388 e. The number of rotatable bonds is 1. The van der Waals surface area contributed by atoms with Gasteiger partial charge in [0.2, 0.25) is 0 Å². The van der Waals surface area contributed by atoms with Crippen molar-refractivity contribution in [3.8, 4) is 11.8 Å². The number of nitrogens with two attached hydrogens (primary N) is 1. The fourth-order valence-electron chi connectivity index (χ4n) is 2.20. The minimum Gasteiger partial charge on any atom is -0.388 e. The fraction of sp³-hybridized carbons (Fsp3) is 0.400. The van der Waals surface area contributed by atoms with E-state index < -0.39 is 5.60 Å². The van der Waals surface area contributed by atoms with Gasteiger partial charge in [0.15, 0.2) is 0 Å². The van der Waals surface area contributed by atoms with Crippen LogP contribution in [-0.2, 0) is 0 Å². The van der Waals surface area contributed by atoms with Crippen LogP contribution in [0.1, 0.15) is 29.3 Å². The van der Waals surface area contributed by atoms with Gasteiger partial charge in [-0.2, -0.15) is 0 Å². The molecule has 1 heterocycles. The van der Waals surface area contributed by atoms with E-state index in [2.05, 4.69) is 11.8 Å². The van der Waals surface area contributed by atoms with Crippen molar-refractivity contribution < 1.29 is 9.90 Å². The summed E-state index contributed by atoms with van der Waals surface area (Å²) in [5, 5.41) is 10.3. The van der Waals surface area contributed by atoms with Crippen molar-refractivity contribution in [2.24, 2.45) is 5.73 Å². The van der Waals surface area contributed by atoms with Gasteiger partial charge in [-0.1, -0.05) is 23.4 Å². The summed E-state index contributed by atoms with van der Waals surface area (Å²) in [5.74, 6) is 5.45. The van der Waals surface area contributed by atoms with Gasteiger partial charge in [-0.25, -0.2) is 0 Å². The van der Waals surface area contributed by atoms with Crippen molar-refractivity contribution in [1.29, 1.82) is 0 Å². The minimum absolute atomic E-state index is 0.122. The molecule has 1 unspecified atom stereocenters. The molecular formula is C15H17ClN2O2. The molecule has 1 aliphatic rings. The lowest BCUT2D eigenvalue weighted by Gasteiger charge is -2.19. The van der Waals surface area contributed by atoms with Crippen molar-refractivity contribution in [2.75, 3.05) is 19.6 Å². The molecule has 20 heavy (non-hydrogen) atoms. The molecule has 2 rings (SSSR count). The molecule has 1 saturated heterocycles. The number of nitrogens with zero attached hydrogens (tertiary/aromatic N) is 1. The number of hydrogen-bond donors (Lipinski definition) is 2. The Balaban J connectivity index is 2.18. The molecule has 0 aromatic heterocycles. The van der Waals surface area contributed by atoms with Gasteiger partial charge < -0.3 is 15.7 Å². The van der Waals surface area contributed by atoms with E-state index in [-0.39, 0.29) is 12.5 Å². The highest BCUT2D eigenvalue weighted by molar-refractivity contribution is 6.32. The highest BCUT2D eigenvalue weighted by Gasteiger charge is 2.34. The van der Waals surface area contributed by atoms with E-state index in [1.807, 2.05) is 0 Å². The molecule has 1 amide bonds. The molecule has 3 N–H and O–H groups in total. The van der Waals surface area contributed by atoms with Crippen LogP contribution < -0.4 is 5.73 Å². The van der Waals surface area contributed by atoms with Crippen molar-refractivity contribution >= 4 is 17.5 Å². The Hall–Kier alpha value is -1.54. The third kappa shape index (κ3) is 3.31. The van der Waals surface area contributed by atoms with E-state index in [1.165, 1.54) is 0 Å². The second kappa shape index (κ2) is 5.84. The molecule has 0 aliphatic carbocycles. The maximum atomic E-state index is 12.3. The molecule has 0 saturated carbocycles. The fourth-order valence-corrected chi connectivity index (χ4v) is 2.42. The van der Waals surface area contributed by atoms with Gasteiger partial charge >= 0.3 is 0 Å². The van der Waals surface area contributed by atoms with Crippen LogP contribution in [0.25, 0.3) is 0 Å². The first kappa shape index (κ1) is 14.9. The van der Waals surface area contributed by atoms with Crippen LogP contribution in [-0.4, -0.2) is 41.1 Å². The third-order valence-electron chi connectivity index (χ3n) is 3.28. The minimum atomic E-state index is -0.800. The molecule has 0 bridgehead atoms. The second-order valence-electron chi connectivity index (χ2n) is 5.17. The number of amides is 1. The Labute approximate surface area is 123 Å². The van der Waals surface area contributed by atoms with E-state index >= 15 is 0 Å². The molecule has 1 aliphatic heterocycles. The average molecular weight is 293 g/mol. The smallest absolute Gasteiger partial charge is 0.254 e. The van der Waals surface area contributed by atoms with Gasteiger partial charge in [0, 0.05) is 24.2 Å². The van der Waals surface area contributed by atoms with E-state index in [0.717, 1.165) is 0 Å². The van der Waals surface area contributed by atoms with Crippen LogP contribution in [0.2, 0.25) is 5.02 Å². The lowest BCUT2D eigenvalue weighted by molar-refractivity contribution is 0.0572. The SMILES string of the molecule is CC1(O)CCN(C(=O)c2ccc(C#CCN)c(Cl)c2)C1. The lowest BCUT2D eigenvalue weighted by atomic mass is 10.1. The van der Waals surface area contributed by atoms with Crippen LogP contribution >= 0.6 is 11.6 Å². The zero-order valence-corrected chi connectivity index (χ0v) is 12.1. The van der Waals surface area contributed by atoms with Crippen LogP contribution in [0, 0.1) is 11.8 Å². The van der Waals surface area contributed by atoms with Gasteiger partial charge in [-0.3, -0.25) is 4.79 Å². The van der Waals surface area contributed by atoms with E-state index in [1.54, 1.807) is 30.0 Å². The van der Waals surface area contributed by atoms with E-state index in [9.17, 15) is 9.90 Å². The van der Waals surface area contributed by atoms with Gasteiger partial charge in [0.1, 0.15) is 0 Å². The number of hydrogen-bond acceptors (Lipinski definition) is 3. The summed E-state index contributed by atoms with van der Waals surface area (Å²) < 4.78 is 0. The van der Waals surface area contributed by atoms with Crippen molar-refractivity contribution in [3.05, 3.63) is 34.3 Å². The van der Waals surface area contributed by atoms with Crippen molar-refractivity contribution in [1.82, 2.24) is 4.90 Å². The first-order valence-electron chi connectivity index (χ1n) is 6.43. The molecule has 1 aromatic carbocycles. The van der Waals surface area contributed by atoms with Crippen LogP contribution in [0.5, 0.6) is 0 Å². The first-order chi connectivity index (χ1) is 9.43.